The summed E-state index contributed by atoms with van der Waals surface area (Å²) in [7, 11) is -1.94. The minimum absolute atomic E-state index is 0.0576. The fraction of sp³-hybridized carbons (Fsp3) is 0.100. The zero-order valence-corrected chi connectivity index (χ0v) is 10.7. The summed E-state index contributed by atoms with van der Waals surface area (Å²) < 4.78 is 28.6. The molecule has 0 amide bonds. The highest BCUT2D eigenvalue weighted by atomic mass is 79.9. The van der Waals surface area contributed by atoms with Gasteiger partial charge < -0.3 is 4.74 Å². The highest BCUT2D eigenvalue weighted by Crippen LogP contribution is 2.31. The van der Waals surface area contributed by atoms with Gasteiger partial charge in [-0.2, -0.15) is 0 Å². The van der Waals surface area contributed by atoms with Crippen LogP contribution >= 0.6 is 15.9 Å². The molecule has 1 aromatic carbocycles. The number of benzene rings is 1. The topological polar surface area (TPSA) is 55.7 Å². The van der Waals surface area contributed by atoms with E-state index in [0.29, 0.717) is 11.3 Å². The number of halogens is 1. The molecule has 2 rings (SSSR count). The first-order valence-corrected chi connectivity index (χ1v) is 6.66. The molecule has 0 unspecified atom stereocenters. The number of sulfone groups is 1. The summed E-state index contributed by atoms with van der Waals surface area (Å²) in [6.07, 6.45) is 1.33. The number of hydrogen-bond acceptors (Lipinski definition) is 4. The fourth-order valence-corrected chi connectivity index (χ4v) is 2.97. The van der Waals surface area contributed by atoms with Crippen molar-refractivity contribution >= 4 is 34.6 Å². The van der Waals surface area contributed by atoms with E-state index >= 15 is 0 Å². The van der Waals surface area contributed by atoms with Gasteiger partial charge in [0.15, 0.2) is 0 Å². The van der Waals surface area contributed by atoms with E-state index in [9.17, 15) is 8.42 Å². The third-order valence-corrected chi connectivity index (χ3v) is 5.10. The number of rotatable bonds is 2. The molecule has 0 saturated carbocycles. The van der Waals surface area contributed by atoms with Crippen molar-refractivity contribution in [1.29, 1.82) is 0 Å². The normalized spacial score (nSPS) is 17.9. The average Bonchev–Trinajstić information content (AvgIpc) is 2.54. The van der Waals surface area contributed by atoms with E-state index in [4.69, 9.17) is 4.74 Å². The quantitative estimate of drug-likeness (QED) is 0.841. The Morgan fingerprint density at radius 2 is 2.12 bits per heavy atom. The third-order valence-electron chi connectivity index (χ3n) is 2.15. The monoisotopic (exact) mass is 301 g/mol. The summed E-state index contributed by atoms with van der Waals surface area (Å²) in [5.74, 6) is 0.608. The Kier molecular flexibility index (Phi) is 2.86. The van der Waals surface area contributed by atoms with Crippen LogP contribution in [0.15, 0.2) is 35.5 Å². The molecule has 0 fully saturated rings. The number of methoxy groups -OCH3 is 1. The van der Waals surface area contributed by atoms with Crippen molar-refractivity contribution in [2.75, 3.05) is 7.11 Å². The number of aliphatic imine (C=N–C) groups is 1. The summed E-state index contributed by atoms with van der Waals surface area (Å²) >= 11 is 2.91. The standard InChI is InChI=1S/C10H8BrNO3S/c1-15-8-4-2-3-7(5-8)9-6-12-10(11)16(9,13)14/h2-6H,1H3. The van der Waals surface area contributed by atoms with Gasteiger partial charge in [-0.1, -0.05) is 12.1 Å². The smallest absolute Gasteiger partial charge is 0.232 e. The third kappa shape index (κ3) is 1.78. The van der Waals surface area contributed by atoms with E-state index in [1.54, 1.807) is 24.3 Å². The maximum atomic E-state index is 11.8. The van der Waals surface area contributed by atoms with Gasteiger partial charge in [-0.3, -0.25) is 0 Å². The van der Waals surface area contributed by atoms with Crippen molar-refractivity contribution in [2.45, 2.75) is 0 Å². The predicted molar refractivity (Wildman–Crippen MR) is 66.3 cm³/mol. The highest BCUT2D eigenvalue weighted by Gasteiger charge is 2.28. The van der Waals surface area contributed by atoms with Crippen LogP contribution in [0.1, 0.15) is 5.56 Å². The van der Waals surface area contributed by atoms with Crippen molar-refractivity contribution in [3.05, 3.63) is 36.0 Å². The van der Waals surface area contributed by atoms with Crippen molar-refractivity contribution in [3.8, 4) is 5.75 Å². The van der Waals surface area contributed by atoms with Crippen LogP contribution in [0.25, 0.3) is 4.91 Å². The van der Waals surface area contributed by atoms with Crippen LogP contribution in [0, 0.1) is 0 Å². The van der Waals surface area contributed by atoms with Gasteiger partial charge in [-0.25, -0.2) is 13.4 Å². The molecule has 0 saturated heterocycles. The maximum absolute atomic E-state index is 11.8. The summed E-state index contributed by atoms with van der Waals surface area (Å²) in [5, 5.41) is 0. The SMILES string of the molecule is COc1cccc(C2=CN=C(Br)S2(=O)=O)c1. The van der Waals surface area contributed by atoms with E-state index in [0.717, 1.165) is 0 Å². The van der Waals surface area contributed by atoms with Crippen molar-refractivity contribution in [3.63, 3.8) is 0 Å². The molecule has 0 radical (unpaired) electrons. The maximum Gasteiger partial charge on any atom is 0.232 e. The Labute approximate surface area is 102 Å². The largest absolute Gasteiger partial charge is 0.497 e. The molecule has 0 aromatic heterocycles. The molecule has 0 atom stereocenters. The van der Waals surface area contributed by atoms with Crippen LogP contribution in [0.4, 0.5) is 0 Å². The van der Waals surface area contributed by atoms with Gasteiger partial charge in [0.05, 0.1) is 12.0 Å². The van der Waals surface area contributed by atoms with Gasteiger partial charge in [-0.15, -0.1) is 0 Å². The number of ether oxygens (including phenoxy) is 1. The molecule has 0 spiro atoms. The molecular formula is C10H8BrNO3S. The Morgan fingerprint density at radius 1 is 1.38 bits per heavy atom. The molecule has 16 heavy (non-hydrogen) atoms. The average molecular weight is 302 g/mol. The van der Waals surface area contributed by atoms with Gasteiger partial charge >= 0.3 is 0 Å². The molecule has 1 aliphatic rings. The molecule has 0 N–H and O–H groups in total. The van der Waals surface area contributed by atoms with Gasteiger partial charge in [0.1, 0.15) is 5.75 Å². The Hall–Kier alpha value is -1.14. The molecule has 0 bridgehead atoms. The molecule has 1 aliphatic heterocycles. The van der Waals surface area contributed by atoms with Gasteiger partial charge in [-0.05, 0) is 33.6 Å². The van der Waals surface area contributed by atoms with E-state index < -0.39 is 9.84 Å². The zero-order valence-electron chi connectivity index (χ0n) is 8.34. The Bertz CT molecular complexity index is 590. The van der Waals surface area contributed by atoms with Crippen molar-refractivity contribution in [2.24, 2.45) is 4.99 Å². The number of hydrogen-bond donors (Lipinski definition) is 0. The fourth-order valence-electron chi connectivity index (χ4n) is 1.34. The molecule has 1 heterocycles. The van der Waals surface area contributed by atoms with Gasteiger partial charge in [0.25, 0.3) is 0 Å². The highest BCUT2D eigenvalue weighted by molar-refractivity contribution is 9.22. The lowest BCUT2D eigenvalue weighted by atomic mass is 10.2. The first-order chi connectivity index (χ1) is 7.55. The molecule has 1 aromatic rings. The minimum atomic E-state index is -3.47. The summed E-state index contributed by atoms with van der Waals surface area (Å²) in [6.45, 7) is 0. The Balaban J connectivity index is 2.49. The lowest BCUT2D eigenvalue weighted by molar-refractivity contribution is 0.414. The second-order valence-electron chi connectivity index (χ2n) is 3.11. The minimum Gasteiger partial charge on any atom is -0.497 e. The lowest BCUT2D eigenvalue weighted by Gasteiger charge is -2.04. The van der Waals surface area contributed by atoms with Crippen molar-refractivity contribution < 1.29 is 13.2 Å². The van der Waals surface area contributed by atoms with Gasteiger partial charge in [0.2, 0.25) is 13.8 Å². The van der Waals surface area contributed by atoms with Crippen LogP contribution in [0.2, 0.25) is 0 Å². The predicted octanol–water partition coefficient (Wildman–Crippen LogP) is 2.17. The van der Waals surface area contributed by atoms with E-state index in [1.807, 2.05) is 0 Å². The van der Waals surface area contributed by atoms with E-state index in [-0.39, 0.29) is 8.86 Å². The molecule has 6 heteroatoms. The first kappa shape index (κ1) is 11.3. The van der Waals surface area contributed by atoms with Crippen LogP contribution in [0.3, 0.4) is 0 Å². The molecule has 84 valence electrons. The van der Waals surface area contributed by atoms with Crippen molar-refractivity contribution in [1.82, 2.24) is 0 Å². The van der Waals surface area contributed by atoms with Crippen LogP contribution in [-0.4, -0.2) is 19.5 Å². The van der Waals surface area contributed by atoms with Crippen LogP contribution < -0.4 is 4.74 Å². The second-order valence-corrected chi connectivity index (χ2v) is 6.22. The Morgan fingerprint density at radius 3 is 2.69 bits per heavy atom. The summed E-state index contributed by atoms with van der Waals surface area (Å²) in [5.41, 5.74) is 0.567. The van der Waals surface area contributed by atoms with E-state index in [2.05, 4.69) is 20.9 Å². The lowest BCUT2D eigenvalue weighted by Crippen LogP contribution is -2.05. The second kappa shape index (κ2) is 4.03. The summed E-state index contributed by atoms with van der Waals surface area (Å²) in [4.78, 5) is 3.92. The molecular weight excluding hydrogens is 294 g/mol. The number of nitrogens with zero attached hydrogens (tertiary/aromatic N) is 1. The van der Waals surface area contributed by atoms with Gasteiger partial charge in [0, 0.05) is 6.20 Å². The van der Waals surface area contributed by atoms with Crippen LogP contribution in [-0.2, 0) is 9.84 Å². The molecule has 0 aliphatic carbocycles. The summed E-state index contributed by atoms with van der Waals surface area (Å²) in [6, 6.07) is 6.84. The van der Waals surface area contributed by atoms with E-state index in [1.165, 1.54) is 13.3 Å². The first-order valence-electron chi connectivity index (χ1n) is 4.38. The molecule has 4 nitrogen and oxygen atoms in total. The van der Waals surface area contributed by atoms with Crippen LogP contribution in [0.5, 0.6) is 5.75 Å². The zero-order chi connectivity index (χ0) is 11.8.